The predicted octanol–water partition coefficient (Wildman–Crippen LogP) is 2.98. The van der Waals surface area contributed by atoms with Crippen molar-refractivity contribution in [3.8, 4) is 6.07 Å². The minimum atomic E-state index is -0.916. The van der Waals surface area contributed by atoms with Gasteiger partial charge in [0.2, 0.25) is 0 Å². The summed E-state index contributed by atoms with van der Waals surface area (Å²) in [4.78, 5) is 22.4. The summed E-state index contributed by atoms with van der Waals surface area (Å²) in [6.07, 6.45) is 0.266. The van der Waals surface area contributed by atoms with E-state index in [0.29, 0.717) is 17.7 Å². The standard InChI is InChI=1S/C14H16ClN3O3/c1-14(2,6-5-12(19)20)18-13(21)17-11-4-3-9(8-16)7-10(11)15/h3-4,7H,5-6H2,1-2H3,(H,19,20)(H2,17,18,21). The Morgan fingerprint density at radius 3 is 2.62 bits per heavy atom. The maximum atomic E-state index is 11.9. The number of carboxylic acid groups (broad SMARTS) is 1. The molecule has 7 heteroatoms. The van der Waals surface area contributed by atoms with Crippen molar-refractivity contribution in [1.82, 2.24) is 5.32 Å². The number of rotatable bonds is 5. The van der Waals surface area contributed by atoms with E-state index in [1.165, 1.54) is 18.2 Å². The van der Waals surface area contributed by atoms with Crippen LogP contribution in [0.4, 0.5) is 10.5 Å². The molecular weight excluding hydrogens is 294 g/mol. The summed E-state index contributed by atoms with van der Waals surface area (Å²) in [5.41, 5.74) is 0.108. The van der Waals surface area contributed by atoms with Crippen LogP contribution in [-0.4, -0.2) is 22.6 Å². The fraction of sp³-hybridized carbons (Fsp3) is 0.357. The van der Waals surface area contributed by atoms with Crippen LogP contribution >= 0.6 is 11.6 Å². The lowest BCUT2D eigenvalue weighted by molar-refractivity contribution is -0.137. The minimum absolute atomic E-state index is 0.0368. The van der Waals surface area contributed by atoms with Gasteiger partial charge in [0.25, 0.3) is 0 Å². The number of benzene rings is 1. The summed E-state index contributed by atoms with van der Waals surface area (Å²) in [7, 11) is 0. The topological polar surface area (TPSA) is 102 Å². The number of carbonyl (C=O) groups excluding carboxylic acids is 1. The lowest BCUT2D eigenvalue weighted by Gasteiger charge is -2.25. The van der Waals surface area contributed by atoms with Gasteiger partial charge in [-0.3, -0.25) is 4.79 Å². The molecule has 112 valence electrons. The molecule has 0 fully saturated rings. The minimum Gasteiger partial charge on any atom is -0.481 e. The summed E-state index contributed by atoms with van der Waals surface area (Å²) in [6, 6.07) is 5.98. The Labute approximate surface area is 127 Å². The zero-order valence-electron chi connectivity index (χ0n) is 11.7. The summed E-state index contributed by atoms with van der Waals surface area (Å²) < 4.78 is 0. The van der Waals surface area contributed by atoms with Gasteiger partial charge < -0.3 is 15.7 Å². The van der Waals surface area contributed by atoms with Crippen LogP contribution in [0.2, 0.25) is 5.02 Å². The van der Waals surface area contributed by atoms with Gasteiger partial charge in [-0.15, -0.1) is 0 Å². The SMILES string of the molecule is CC(C)(CCC(=O)O)NC(=O)Nc1ccc(C#N)cc1Cl. The summed E-state index contributed by atoms with van der Waals surface area (Å²) in [5.74, 6) is -0.916. The molecule has 0 bridgehead atoms. The highest BCUT2D eigenvalue weighted by atomic mass is 35.5. The van der Waals surface area contributed by atoms with E-state index < -0.39 is 17.5 Å². The average molecular weight is 310 g/mol. The first-order valence-electron chi connectivity index (χ1n) is 6.24. The van der Waals surface area contributed by atoms with Gasteiger partial charge in [-0.2, -0.15) is 5.26 Å². The lowest BCUT2D eigenvalue weighted by Crippen LogP contribution is -2.45. The van der Waals surface area contributed by atoms with Crippen LogP contribution in [0.3, 0.4) is 0 Å². The molecule has 21 heavy (non-hydrogen) atoms. The number of hydrogen-bond donors (Lipinski definition) is 3. The van der Waals surface area contributed by atoms with Crippen LogP contribution in [0.25, 0.3) is 0 Å². The second kappa shape index (κ2) is 6.95. The van der Waals surface area contributed by atoms with E-state index >= 15 is 0 Å². The van der Waals surface area contributed by atoms with Gasteiger partial charge in [0, 0.05) is 12.0 Å². The van der Waals surface area contributed by atoms with Gasteiger partial charge in [0.1, 0.15) is 0 Å². The van der Waals surface area contributed by atoms with Crippen LogP contribution in [0, 0.1) is 11.3 Å². The molecule has 6 nitrogen and oxygen atoms in total. The first-order valence-corrected chi connectivity index (χ1v) is 6.62. The number of anilines is 1. The maximum Gasteiger partial charge on any atom is 0.319 e. The fourth-order valence-electron chi connectivity index (χ4n) is 1.63. The van der Waals surface area contributed by atoms with Gasteiger partial charge in [-0.1, -0.05) is 11.6 Å². The number of hydrogen-bond acceptors (Lipinski definition) is 3. The fourth-order valence-corrected chi connectivity index (χ4v) is 1.86. The zero-order chi connectivity index (χ0) is 16.0. The van der Waals surface area contributed by atoms with Gasteiger partial charge in [-0.05, 0) is 38.5 Å². The molecule has 1 rings (SSSR count). The maximum absolute atomic E-state index is 11.9. The van der Waals surface area contributed by atoms with Crippen molar-refractivity contribution in [1.29, 1.82) is 5.26 Å². The van der Waals surface area contributed by atoms with Gasteiger partial charge in [-0.25, -0.2) is 4.79 Å². The van der Waals surface area contributed by atoms with E-state index in [2.05, 4.69) is 10.6 Å². The highest BCUT2D eigenvalue weighted by Crippen LogP contribution is 2.23. The van der Waals surface area contributed by atoms with Crippen LogP contribution in [-0.2, 0) is 4.79 Å². The van der Waals surface area contributed by atoms with E-state index in [9.17, 15) is 9.59 Å². The number of nitriles is 1. The Hall–Kier alpha value is -2.26. The number of aliphatic carboxylic acids is 1. The molecule has 0 aromatic heterocycles. The monoisotopic (exact) mass is 309 g/mol. The summed E-state index contributed by atoms with van der Waals surface area (Å²) >= 11 is 5.95. The van der Waals surface area contributed by atoms with Gasteiger partial charge >= 0.3 is 12.0 Å². The first kappa shape index (κ1) is 16.8. The number of halogens is 1. The summed E-state index contributed by atoms with van der Waals surface area (Å²) in [5, 5.41) is 22.9. The third-order valence-electron chi connectivity index (χ3n) is 2.76. The quantitative estimate of drug-likeness (QED) is 0.778. The Kier molecular flexibility index (Phi) is 5.56. The zero-order valence-corrected chi connectivity index (χ0v) is 12.5. The number of urea groups is 1. The molecule has 0 spiro atoms. The Balaban J connectivity index is 2.65. The molecule has 1 aromatic rings. The molecular formula is C14H16ClN3O3. The van der Waals surface area contributed by atoms with Gasteiger partial charge in [0.15, 0.2) is 0 Å². The molecule has 0 aliphatic rings. The molecule has 2 amide bonds. The highest BCUT2D eigenvalue weighted by molar-refractivity contribution is 6.33. The first-order chi connectivity index (χ1) is 9.73. The van der Waals surface area contributed by atoms with E-state index in [-0.39, 0.29) is 11.4 Å². The van der Waals surface area contributed by atoms with Crippen molar-refractivity contribution in [2.75, 3.05) is 5.32 Å². The molecule has 0 aliphatic carbocycles. The lowest BCUT2D eigenvalue weighted by atomic mass is 9.99. The Morgan fingerprint density at radius 1 is 1.43 bits per heavy atom. The molecule has 1 aromatic carbocycles. The van der Waals surface area contributed by atoms with E-state index in [1.807, 2.05) is 6.07 Å². The van der Waals surface area contributed by atoms with E-state index in [4.69, 9.17) is 22.0 Å². The van der Waals surface area contributed by atoms with Crippen LogP contribution in [0.15, 0.2) is 18.2 Å². The third kappa shape index (κ3) is 5.71. The molecule has 0 saturated heterocycles. The second-order valence-corrected chi connectivity index (χ2v) is 5.57. The molecule has 0 unspecified atom stereocenters. The molecule has 0 heterocycles. The van der Waals surface area contributed by atoms with Crippen molar-refractivity contribution in [2.45, 2.75) is 32.2 Å². The van der Waals surface area contributed by atoms with Crippen molar-refractivity contribution < 1.29 is 14.7 Å². The Bertz CT molecular complexity index is 594. The number of nitrogens with one attached hydrogen (secondary N) is 2. The molecule has 0 saturated carbocycles. The van der Waals surface area contributed by atoms with Crippen molar-refractivity contribution >= 4 is 29.3 Å². The average Bonchev–Trinajstić information content (AvgIpc) is 2.38. The number of carboxylic acids is 1. The summed E-state index contributed by atoms with van der Waals surface area (Å²) in [6.45, 7) is 3.46. The largest absolute Gasteiger partial charge is 0.481 e. The highest BCUT2D eigenvalue weighted by Gasteiger charge is 2.21. The molecule has 3 N–H and O–H groups in total. The molecule has 0 atom stereocenters. The second-order valence-electron chi connectivity index (χ2n) is 5.16. The smallest absolute Gasteiger partial charge is 0.319 e. The normalized spacial score (nSPS) is 10.6. The van der Waals surface area contributed by atoms with E-state index in [1.54, 1.807) is 13.8 Å². The third-order valence-corrected chi connectivity index (χ3v) is 3.07. The van der Waals surface area contributed by atoms with Gasteiger partial charge in [0.05, 0.1) is 22.3 Å². The Morgan fingerprint density at radius 2 is 2.10 bits per heavy atom. The van der Waals surface area contributed by atoms with Crippen molar-refractivity contribution in [2.24, 2.45) is 0 Å². The number of nitrogens with zero attached hydrogens (tertiary/aromatic N) is 1. The predicted molar refractivity (Wildman–Crippen MR) is 79.3 cm³/mol. The van der Waals surface area contributed by atoms with Crippen LogP contribution in [0.1, 0.15) is 32.3 Å². The van der Waals surface area contributed by atoms with E-state index in [0.717, 1.165) is 0 Å². The molecule has 0 radical (unpaired) electrons. The van der Waals surface area contributed by atoms with Crippen molar-refractivity contribution in [3.05, 3.63) is 28.8 Å². The van der Waals surface area contributed by atoms with Crippen LogP contribution in [0.5, 0.6) is 0 Å². The molecule has 0 aliphatic heterocycles. The number of carbonyl (C=O) groups is 2. The van der Waals surface area contributed by atoms with Crippen molar-refractivity contribution in [3.63, 3.8) is 0 Å². The van der Waals surface area contributed by atoms with Crippen LogP contribution < -0.4 is 10.6 Å². The number of amides is 2.